The van der Waals surface area contributed by atoms with Gasteiger partial charge in [-0.1, -0.05) is 30.3 Å². The molecule has 144 valence electrons. The normalized spacial score (nSPS) is 16.9. The predicted octanol–water partition coefficient (Wildman–Crippen LogP) is 4.33. The zero-order chi connectivity index (χ0) is 19.3. The van der Waals surface area contributed by atoms with Crippen LogP contribution in [0, 0.1) is 0 Å². The Labute approximate surface area is 168 Å². The van der Waals surface area contributed by atoms with Crippen molar-refractivity contribution in [2.24, 2.45) is 0 Å². The number of nitrogens with zero attached hydrogens (tertiary/aromatic N) is 4. The summed E-state index contributed by atoms with van der Waals surface area (Å²) in [5.41, 5.74) is 1.72. The van der Waals surface area contributed by atoms with Gasteiger partial charge in [0, 0.05) is 24.4 Å². The zero-order valence-electron chi connectivity index (χ0n) is 15.7. The summed E-state index contributed by atoms with van der Waals surface area (Å²) in [6.07, 6.45) is 7.08. The maximum atomic E-state index is 12.4. The van der Waals surface area contributed by atoms with Crippen molar-refractivity contribution in [3.8, 4) is 22.8 Å². The minimum absolute atomic E-state index is 0.0716. The fourth-order valence-corrected chi connectivity index (χ4v) is 4.53. The first-order valence-corrected chi connectivity index (χ1v) is 10.4. The molecule has 28 heavy (non-hydrogen) atoms. The van der Waals surface area contributed by atoms with Gasteiger partial charge < -0.3 is 4.74 Å². The first kappa shape index (κ1) is 18.7. The van der Waals surface area contributed by atoms with Gasteiger partial charge >= 0.3 is 0 Å². The van der Waals surface area contributed by atoms with E-state index in [0.29, 0.717) is 29.8 Å². The van der Waals surface area contributed by atoms with Crippen LogP contribution in [0.15, 0.2) is 53.9 Å². The molecule has 0 unspecified atom stereocenters. The molecule has 3 aromatic rings. The van der Waals surface area contributed by atoms with Crippen molar-refractivity contribution in [3.63, 3.8) is 0 Å². The van der Waals surface area contributed by atoms with Gasteiger partial charge in [-0.05, 0) is 44.0 Å². The van der Waals surface area contributed by atoms with Crippen molar-refractivity contribution >= 4 is 17.5 Å². The van der Waals surface area contributed by atoms with Crippen molar-refractivity contribution in [3.05, 3.63) is 48.8 Å². The first-order valence-electron chi connectivity index (χ1n) is 9.55. The second kappa shape index (κ2) is 8.56. The summed E-state index contributed by atoms with van der Waals surface area (Å²) >= 11 is 1.50. The Hall–Kier alpha value is -2.67. The highest BCUT2D eigenvalue weighted by Crippen LogP contribution is 2.36. The minimum Gasteiger partial charge on any atom is -0.492 e. The number of carbonyl (C=O) groups excluding carboxylic acids is 1. The van der Waals surface area contributed by atoms with Crippen LogP contribution in [0.3, 0.4) is 0 Å². The molecule has 1 aromatic carbocycles. The second-order valence-electron chi connectivity index (χ2n) is 6.60. The molecule has 4 rings (SSSR count). The Bertz CT molecular complexity index is 958. The maximum absolute atomic E-state index is 12.4. The summed E-state index contributed by atoms with van der Waals surface area (Å²) in [5.74, 6) is 1.74. The molecule has 1 atom stereocenters. The van der Waals surface area contributed by atoms with Gasteiger partial charge in [0.25, 0.3) is 0 Å². The molecule has 0 spiro atoms. The third-order valence-electron chi connectivity index (χ3n) is 4.71. The molecule has 1 fully saturated rings. The summed E-state index contributed by atoms with van der Waals surface area (Å²) in [6.45, 7) is 2.52. The Balaban J connectivity index is 1.81. The third kappa shape index (κ3) is 3.80. The molecule has 1 saturated carbocycles. The van der Waals surface area contributed by atoms with Crippen molar-refractivity contribution in [1.29, 1.82) is 0 Å². The summed E-state index contributed by atoms with van der Waals surface area (Å²) < 4.78 is 7.83. The van der Waals surface area contributed by atoms with Crippen molar-refractivity contribution in [1.82, 2.24) is 19.7 Å². The number of para-hydroxylation sites is 2. The highest BCUT2D eigenvalue weighted by Gasteiger charge is 2.27. The Kier molecular flexibility index (Phi) is 5.71. The average molecular weight is 395 g/mol. The molecule has 0 aliphatic heterocycles. The first-order chi connectivity index (χ1) is 13.8. The number of rotatable bonds is 6. The van der Waals surface area contributed by atoms with Gasteiger partial charge in [-0.15, -0.1) is 10.2 Å². The number of aromatic nitrogens is 4. The molecular weight excluding hydrogens is 372 g/mol. The summed E-state index contributed by atoms with van der Waals surface area (Å²) in [5, 5.41) is 9.51. The molecule has 6 nitrogen and oxygen atoms in total. The number of hydrogen-bond acceptors (Lipinski definition) is 6. The Morgan fingerprint density at radius 3 is 2.86 bits per heavy atom. The predicted molar refractivity (Wildman–Crippen MR) is 109 cm³/mol. The van der Waals surface area contributed by atoms with E-state index in [2.05, 4.69) is 15.2 Å². The molecule has 2 aromatic heterocycles. The van der Waals surface area contributed by atoms with Crippen molar-refractivity contribution in [2.75, 3.05) is 6.61 Å². The molecule has 0 amide bonds. The van der Waals surface area contributed by atoms with Gasteiger partial charge in [-0.2, -0.15) is 0 Å². The van der Waals surface area contributed by atoms with E-state index in [9.17, 15) is 4.79 Å². The number of ether oxygens (including phenoxy) is 1. The molecular formula is C21H22N4O2S. The van der Waals surface area contributed by atoms with Crippen molar-refractivity contribution < 1.29 is 9.53 Å². The quantitative estimate of drug-likeness (QED) is 0.620. The van der Waals surface area contributed by atoms with E-state index in [1.54, 1.807) is 12.4 Å². The lowest BCUT2D eigenvalue weighted by Crippen LogP contribution is -2.21. The van der Waals surface area contributed by atoms with E-state index in [1.165, 1.54) is 11.8 Å². The number of pyridine rings is 1. The largest absolute Gasteiger partial charge is 0.492 e. The van der Waals surface area contributed by atoms with Crippen LogP contribution < -0.4 is 4.74 Å². The van der Waals surface area contributed by atoms with Crippen LogP contribution in [0.2, 0.25) is 0 Å². The summed E-state index contributed by atoms with van der Waals surface area (Å²) in [7, 11) is 0. The van der Waals surface area contributed by atoms with Crippen molar-refractivity contribution in [2.45, 2.75) is 43.0 Å². The highest BCUT2D eigenvalue weighted by atomic mass is 32.2. The van der Waals surface area contributed by atoms with E-state index < -0.39 is 0 Å². The van der Waals surface area contributed by atoms with E-state index in [0.717, 1.165) is 36.3 Å². The number of Topliss-reactive ketones (excluding diaryl/α,β-unsaturated/α-hetero) is 1. The zero-order valence-corrected chi connectivity index (χ0v) is 16.6. The highest BCUT2D eigenvalue weighted by molar-refractivity contribution is 8.00. The van der Waals surface area contributed by atoms with Crippen LogP contribution in [-0.2, 0) is 4.79 Å². The van der Waals surface area contributed by atoms with Gasteiger partial charge in [0.15, 0.2) is 11.0 Å². The summed E-state index contributed by atoms with van der Waals surface area (Å²) in [4.78, 5) is 16.6. The number of carbonyl (C=O) groups is 1. The van der Waals surface area contributed by atoms with Gasteiger partial charge in [-0.25, -0.2) is 0 Å². The smallest absolute Gasteiger partial charge is 0.196 e. The number of thioether (sulfide) groups is 1. The van der Waals surface area contributed by atoms with E-state index >= 15 is 0 Å². The van der Waals surface area contributed by atoms with E-state index in [-0.39, 0.29) is 5.25 Å². The second-order valence-corrected chi connectivity index (χ2v) is 7.77. The van der Waals surface area contributed by atoms with Gasteiger partial charge in [-0.3, -0.25) is 14.3 Å². The fourth-order valence-electron chi connectivity index (χ4n) is 3.37. The molecule has 7 heteroatoms. The summed E-state index contributed by atoms with van der Waals surface area (Å²) in [6, 6.07) is 11.7. The van der Waals surface area contributed by atoms with Crippen LogP contribution in [0.25, 0.3) is 17.1 Å². The number of benzene rings is 1. The van der Waals surface area contributed by atoms with Gasteiger partial charge in [0.05, 0.1) is 17.5 Å². The van der Waals surface area contributed by atoms with Gasteiger partial charge in [0.2, 0.25) is 0 Å². The number of hydrogen-bond donors (Lipinski definition) is 0. The lowest BCUT2D eigenvalue weighted by Gasteiger charge is -2.20. The molecule has 0 bridgehead atoms. The van der Waals surface area contributed by atoms with Crippen LogP contribution in [-0.4, -0.2) is 37.4 Å². The number of ketones is 1. The molecule has 1 aliphatic carbocycles. The van der Waals surface area contributed by atoms with Crippen LogP contribution >= 0.6 is 11.8 Å². The standard InChI is InChI=1S/C21H22N4O2S/c1-2-27-18-11-5-3-9-16(18)25-20(15-8-7-13-22-14-15)23-24-21(25)28-19-12-6-4-10-17(19)26/h3,5,7-9,11,13-14,19H,2,4,6,10,12H2,1H3/t19-/m1/s1. The topological polar surface area (TPSA) is 69.9 Å². The van der Waals surface area contributed by atoms with E-state index in [1.807, 2.05) is 47.9 Å². The molecule has 1 aliphatic rings. The van der Waals surface area contributed by atoms with Crippen LogP contribution in [0.5, 0.6) is 5.75 Å². The molecule has 0 N–H and O–H groups in total. The Morgan fingerprint density at radius 1 is 1.18 bits per heavy atom. The molecule has 0 radical (unpaired) electrons. The average Bonchev–Trinajstić information content (AvgIpc) is 3.14. The monoisotopic (exact) mass is 394 g/mol. The lowest BCUT2D eigenvalue weighted by molar-refractivity contribution is -0.119. The lowest BCUT2D eigenvalue weighted by atomic mass is 9.99. The maximum Gasteiger partial charge on any atom is 0.196 e. The molecule has 0 saturated heterocycles. The fraction of sp³-hybridized carbons (Fsp3) is 0.333. The molecule has 2 heterocycles. The van der Waals surface area contributed by atoms with Crippen LogP contribution in [0.1, 0.15) is 32.6 Å². The van der Waals surface area contributed by atoms with E-state index in [4.69, 9.17) is 4.74 Å². The Morgan fingerprint density at radius 2 is 2.07 bits per heavy atom. The van der Waals surface area contributed by atoms with Gasteiger partial charge in [0.1, 0.15) is 11.5 Å². The minimum atomic E-state index is -0.0716. The SMILES string of the molecule is CCOc1ccccc1-n1c(S[C@@H]2CCCCC2=O)nnc1-c1cccnc1. The third-order valence-corrected chi connectivity index (χ3v) is 5.96. The van der Waals surface area contributed by atoms with Crippen LogP contribution in [0.4, 0.5) is 0 Å².